The number of ether oxygens (including phenoxy) is 2. The minimum atomic E-state index is -0.434. The molecule has 0 atom stereocenters. The third kappa shape index (κ3) is 5.35. The number of hydrogen-bond donors (Lipinski definition) is 1. The molecule has 0 saturated heterocycles. The van der Waals surface area contributed by atoms with Crippen molar-refractivity contribution in [1.82, 2.24) is 20.2 Å². The molecule has 168 valence electrons. The smallest absolute Gasteiger partial charge is 0.295 e. The molecule has 3 aromatic carbocycles. The maximum absolute atomic E-state index is 13.1. The molecule has 0 aliphatic carbocycles. The quantitative estimate of drug-likeness (QED) is 0.418. The van der Waals surface area contributed by atoms with Crippen LogP contribution in [0.1, 0.15) is 34.2 Å². The Balaban J connectivity index is 1.60. The van der Waals surface area contributed by atoms with Crippen LogP contribution in [0, 0.1) is 0 Å². The van der Waals surface area contributed by atoms with Gasteiger partial charge in [0.1, 0.15) is 6.61 Å². The summed E-state index contributed by atoms with van der Waals surface area (Å²) in [6.07, 6.45) is 0.768. The summed E-state index contributed by atoms with van der Waals surface area (Å²) in [6, 6.07) is 23.3. The average molecular weight is 444 g/mol. The summed E-state index contributed by atoms with van der Waals surface area (Å²) >= 11 is 0. The maximum Gasteiger partial charge on any atom is 0.295 e. The predicted octanol–water partition coefficient (Wildman–Crippen LogP) is 4.12. The number of methoxy groups -OCH3 is 1. The molecule has 0 saturated carbocycles. The van der Waals surface area contributed by atoms with E-state index in [4.69, 9.17) is 9.47 Å². The van der Waals surface area contributed by atoms with Crippen LogP contribution in [-0.2, 0) is 19.6 Å². The molecule has 4 rings (SSSR count). The topological polar surface area (TPSA) is 91.2 Å². The highest BCUT2D eigenvalue weighted by Gasteiger charge is 2.20. The third-order valence-electron chi connectivity index (χ3n) is 5.13. The van der Waals surface area contributed by atoms with Crippen molar-refractivity contribution < 1.29 is 14.3 Å². The number of tetrazole rings is 1. The van der Waals surface area contributed by atoms with Gasteiger partial charge in [0.2, 0.25) is 5.82 Å². The summed E-state index contributed by atoms with van der Waals surface area (Å²) in [6.45, 7) is 2.74. The van der Waals surface area contributed by atoms with Gasteiger partial charge in [0.25, 0.3) is 5.91 Å². The van der Waals surface area contributed by atoms with Gasteiger partial charge in [0.15, 0.2) is 11.5 Å². The van der Waals surface area contributed by atoms with Gasteiger partial charge in [-0.15, -0.1) is 5.10 Å². The van der Waals surface area contributed by atoms with Crippen LogP contribution >= 0.6 is 0 Å². The molecule has 0 aliphatic heterocycles. The number of rotatable bonds is 9. The van der Waals surface area contributed by atoms with E-state index in [1.165, 1.54) is 4.68 Å². The second kappa shape index (κ2) is 10.4. The monoisotopic (exact) mass is 443 g/mol. The lowest BCUT2D eigenvalue weighted by Crippen LogP contribution is -2.20. The summed E-state index contributed by atoms with van der Waals surface area (Å²) in [5, 5.41) is 14.5. The molecular weight excluding hydrogens is 418 g/mol. The zero-order valence-electron chi connectivity index (χ0n) is 18.6. The molecule has 33 heavy (non-hydrogen) atoms. The van der Waals surface area contributed by atoms with Gasteiger partial charge in [0, 0.05) is 0 Å². The predicted molar refractivity (Wildman–Crippen MR) is 124 cm³/mol. The molecule has 1 aromatic heterocycles. The largest absolute Gasteiger partial charge is 0.493 e. The number of aromatic nitrogens is 4. The lowest BCUT2D eigenvalue weighted by molar-refractivity contribution is 0.101. The molecular formula is C25H25N5O3. The highest BCUT2D eigenvalue weighted by atomic mass is 16.5. The number of aryl methyl sites for hydroxylation is 1. The van der Waals surface area contributed by atoms with Crippen molar-refractivity contribution in [3.05, 3.63) is 95.3 Å². The van der Waals surface area contributed by atoms with Crippen LogP contribution < -0.4 is 14.8 Å². The summed E-state index contributed by atoms with van der Waals surface area (Å²) in [4.78, 5) is 13.1. The van der Waals surface area contributed by atoms with Crippen molar-refractivity contribution in [3.63, 3.8) is 0 Å². The maximum atomic E-state index is 13.1. The van der Waals surface area contributed by atoms with Gasteiger partial charge in [-0.1, -0.05) is 67.6 Å². The van der Waals surface area contributed by atoms with E-state index in [1.807, 2.05) is 79.7 Å². The van der Waals surface area contributed by atoms with Gasteiger partial charge >= 0.3 is 0 Å². The molecule has 8 heteroatoms. The van der Waals surface area contributed by atoms with E-state index >= 15 is 0 Å². The Morgan fingerprint density at radius 2 is 1.67 bits per heavy atom. The van der Waals surface area contributed by atoms with E-state index in [0.717, 1.165) is 23.1 Å². The molecule has 1 amide bonds. The zero-order valence-corrected chi connectivity index (χ0v) is 18.6. The molecule has 1 heterocycles. The summed E-state index contributed by atoms with van der Waals surface area (Å²) < 4.78 is 13.1. The van der Waals surface area contributed by atoms with Gasteiger partial charge in [-0.25, -0.2) is 4.68 Å². The van der Waals surface area contributed by atoms with E-state index in [1.54, 1.807) is 7.11 Å². The molecule has 1 N–H and O–H groups in total. The second-order valence-electron chi connectivity index (χ2n) is 7.40. The fourth-order valence-corrected chi connectivity index (χ4v) is 3.39. The summed E-state index contributed by atoms with van der Waals surface area (Å²) in [5.74, 6) is 0.669. The van der Waals surface area contributed by atoms with Crippen LogP contribution in [-0.4, -0.2) is 33.2 Å². The Kier molecular flexibility index (Phi) is 6.94. The molecule has 0 bridgehead atoms. The van der Waals surface area contributed by atoms with Gasteiger partial charge < -0.3 is 14.8 Å². The normalized spacial score (nSPS) is 10.6. The van der Waals surface area contributed by atoms with Crippen LogP contribution in [0.3, 0.4) is 0 Å². The number of nitrogens with one attached hydrogen (secondary N) is 1. The zero-order chi connectivity index (χ0) is 23.0. The number of benzene rings is 3. The van der Waals surface area contributed by atoms with Crippen LogP contribution in [0.2, 0.25) is 0 Å². The Morgan fingerprint density at radius 1 is 0.970 bits per heavy atom. The van der Waals surface area contributed by atoms with Crippen LogP contribution in [0.5, 0.6) is 11.5 Å². The van der Waals surface area contributed by atoms with E-state index in [-0.39, 0.29) is 5.82 Å². The first-order valence-electron chi connectivity index (χ1n) is 10.7. The SMILES string of the molecule is CCc1cc(NC(=O)c2nnnn2Cc2ccccc2)c(OCc2ccccc2)c(OC)c1. The number of nitrogens with zero attached hydrogens (tertiary/aromatic N) is 4. The number of hydrogen-bond acceptors (Lipinski definition) is 6. The highest BCUT2D eigenvalue weighted by Crippen LogP contribution is 2.38. The van der Waals surface area contributed by atoms with Crippen molar-refractivity contribution in [2.45, 2.75) is 26.5 Å². The first-order chi connectivity index (χ1) is 16.2. The first-order valence-corrected chi connectivity index (χ1v) is 10.7. The van der Waals surface area contributed by atoms with E-state index in [0.29, 0.717) is 30.3 Å². The lowest BCUT2D eigenvalue weighted by atomic mass is 10.1. The average Bonchev–Trinajstić information content (AvgIpc) is 3.32. The molecule has 8 nitrogen and oxygen atoms in total. The number of carbonyl (C=O) groups is 1. The molecule has 0 spiro atoms. The molecule has 0 radical (unpaired) electrons. The van der Waals surface area contributed by atoms with Crippen LogP contribution in [0.4, 0.5) is 5.69 Å². The standard InChI is InChI=1S/C25H25N5O3/c1-3-18-14-21(23(22(15-18)32-2)33-17-20-12-8-5-9-13-20)26-25(31)24-27-28-29-30(24)16-19-10-6-4-7-11-19/h4-15H,3,16-17H2,1-2H3,(H,26,31). The van der Waals surface area contributed by atoms with Gasteiger partial charge in [-0.2, -0.15) is 0 Å². The van der Waals surface area contributed by atoms with Gasteiger partial charge in [-0.3, -0.25) is 4.79 Å². The van der Waals surface area contributed by atoms with Crippen LogP contribution in [0.25, 0.3) is 0 Å². The molecule has 0 unspecified atom stereocenters. The molecule has 0 fully saturated rings. The molecule has 0 aliphatic rings. The minimum Gasteiger partial charge on any atom is -0.493 e. The highest BCUT2D eigenvalue weighted by molar-refractivity contribution is 6.02. The Morgan fingerprint density at radius 3 is 2.33 bits per heavy atom. The number of anilines is 1. The van der Waals surface area contributed by atoms with Crippen molar-refractivity contribution >= 4 is 11.6 Å². The number of amides is 1. The Labute approximate surface area is 192 Å². The van der Waals surface area contributed by atoms with Crippen LogP contribution in [0.15, 0.2) is 72.8 Å². The summed E-state index contributed by atoms with van der Waals surface area (Å²) in [7, 11) is 1.58. The van der Waals surface area contributed by atoms with E-state index < -0.39 is 5.91 Å². The Hall–Kier alpha value is -4.20. The van der Waals surface area contributed by atoms with E-state index in [2.05, 4.69) is 20.8 Å². The molecule has 4 aromatic rings. The minimum absolute atomic E-state index is 0.105. The fraction of sp³-hybridized carbons (Fsp3) is 0.200. The first kappa shape index (κ1) is 22.0. The van der Waals surface area contributed by atoms with Crippen molar-refractivity contribution in [3.8, 4) is 11.5 Å². The number of carbonyl (C=O) groups excluding carboxylic acids is 1. The van der Waals surface area contributed by atoms with Crippen molar-refractivity contribution in [2.75, 3.05) is 12.4 Å². The fourth-order valence-electron chi connectivity index (χ4n) is 3.39. The van der Waals surface area contributed by atoms with Crippen molar-refractivity contribution in [2.24, 2.45) is 0 Å². The van der Waals surface area contributed by atoms with E-state index in [9.17, 15) is 4.79 Å². The third-order valence-corrected chi connectivity index (χ3v) is 5.13. The lowest BCUT2D eigenvalue weighted by Gasteiger charge is -2.17. The van der Waals surface area contributed by atoms with Gasteiger partial charge in [0.05, 0.1) is 19.3 Å². The van der Waals surface area contributed by atoms with Gasteiger partial charge in [-0.05, 0) is 45.7 Å². The second-order valence-corrected chi connectivity index (χ2v) is 7.40. The summed E-state index contributed by atoms with van der Waals surface area (Å²) in [5.41, 5.74) is 3.49. The Bertz CT molecular complexity index is 1210. The van der Waals surface area contributed by atoms with Crippen molar-refractivity contribution in [1.29, 1.82) is 0 Å².